The summed E-state index contributed by atoms with van der Waals surface area (Å²) in [5, 5.41) is 2.92. The number of fused-ring (bicyclic) bond motifs is 1. The maximum Gasteiger partial charge on any atom is 0.254 e. The zero-order valence-electron chi connectivity index (χ0n) is 14.0. The van der Waals surface area contributed by atoms with Gasteiger partial charge in [-0.05, 0) is 56.7 Å². The summed E-state index contributed by atoms with van der Waals surface area (Å²) in [6.45, 7) is 5.70. The molecule has 24 heavy (non-hydrogen) atoms. The van der Waals surface area contributed by atoms with Gasteiger partial charge in [-0.2, -0.15) is 0 Å². The number of halogens is 1. The molecule has 1 aliphatic rings. The molecule has 1 heterocycles. The lowest BCUT2D eigenvalue weighted by Crippen LogP contribution is -2.41. The number of hydrogen-bond donors (Lipinski definition) is 2. The van der Waals surface area contributed by atoms with Crippen molar-refractivity contribution in [2.75, 3.05) is 5.73 Å². The number of nitrogens with two attached hydrogens (primary N) is 1. The fraction of sp³-hybridized carbons (Fsp3) is 0.316. The summed E-state index contributed by atoms with van der Waals surface area (Å²) in [4.78, 5) is 12.5. The lowest BCUT2D eigenvalue weighted by Gasteiger charge is -2.38. The van der Waals surface area contributed by atoms with Crippen LogP contribution >= 0.6 is 0 Å². The van der Waals surface area contributed by atoms with Crippen LogP contribution in [0.4, 0.5) is 10.1 Å². The summed E-state index contributed by atoms with van der Waals surface area (Å²) in [5.41, 5.74) is 7.65. The zero-order valence-corrected chi connectivity index (χ0v) is 14.0. The number of aryl methyl sites for hydroxylation is 1. The third-order valence-corrected chi connectivity index (χ3v) is 4.17. The average Bonchev–Trinajstić information content (AvgIpc) is 2.47. The molecule has 1 atom stereocenters. The Kier molecular flexibility index (Phi) is 3.95. The molecule has 0 fully saturated rings. The van der Waals surface area contributed by atoms with Gasteiger partial charge in [-0.15, -0.1) is 0 Å². The van der Waals surface area contributed by atoms with E-state index in [9.17, 15) is 9.18 Å². The second kappa shape index (κ2) is 5.82. The first kappa shape index (κ1) is 16.3. The van der Waals surface area contributed by atoms with Gasteiger partial charge in [0.1, 0.15) is 17.2 Å². The van der Waals surface area contributed by atoms with Crippen molar-refractivity contribution >= 4 is 11.6 Å². The van der Waals surface area contributed by atoms with Gasteiger partial charge in [0.2, 0.25) is 0 Å². The summed E-state index contributed by atoms with van der Waals surface area (Å²) in [7, 11) is 0. The van der Waals surface area contributed by atoms with Crippen LogP contribution in [0, 0.1) is 12.7 Å². The molecule has 0 aliphatic carbocycles. The quantitative estimate of drug-likeness (QED) is 0.825. The summed E-state index contributed by atoms with van der Waals surface area (Å²) < 4.78 is 20.0. The first-order valence-electron chi connectivity index (χ1n) is 7.91. The molecule has 2 aromatic rings. The van der Waals surface area contributed by atoms with Crippen LogP contribution in [0.5, 0.6) is 5.75 Å². The van der Waals surface area contributed by atoms with E-state index >= 15 is 0 Å². The van der Waals surface area contributed by atoms with E-state index < -0.39 is 17.3 Å². The van der Waals surface area contributed by atoms with Crippen molar-refractivity contribution in [2.45, 2.75) is 38.8 Å². The number of carbonyl (C=O) groups is 1. The van der Waals surface area contributed by atoms with Crippen molar-refractivity contribution in [1.82, 2.24) is 5.32 Å². The third kappa shape index (κ3) is 3.20. The van der Waals surface area contributed by atoms with Crippen LogP contribution in [-0.2, 0) is 0 Å². The molecule has 3 rings (SSSR count). The van der Waals surface area contributed by atoms with Gasteiger partial charge in [0.25, 0.3) is 5.91 Å². The monoisotopic (exact) mass is 328 g/mol. The van der Waals surface area contributed by atoms with Crippen LogP contribution in [0.1, 0.15) is 47.8 Å². The maximum absolute atomic E-state index is 14.1. The molecule has 0 aromatic heterocycles. The van der Waals surface area contributed by atoms with Crippen molar-refractivity contribution in [3.8, 4) is 5.75 Å². The van der Waals surface area contributed by atoms with Gasteiger partial charge in [-0.25, -0.2) is 4.39 Å². The molecule has 1 aliphatic heterocycles. The summed E-state index contributed by atoms with van der Waals surface area (Å²) in [6.07, 6.45) is 0.572. The first-order chi connectivity index (χ1) is 11.2. The van der Waals surface area contributed by atoms with Gasteiger partial charge in [-0.1, -0.05) is 6.07 Å². The highest BCUT2D eigenvalue weighted by Crippen LogP contribution is 2.40. The lowest BCUT2D eigenvalue weighted by atomic mass is 9.89. The topological polar surface area (TPSA) is 64.3 Å². The molecule has 1 amide bonds. The molecule has 4 nitrogen and oxygen atoms in total. The Morgan fingerprint density at radius 2 is 2.04 bits per heavy atom. The minimum Gasteiger partial charge on any atom is -0.487 e. The number of amides is 1. The van der Waals surface area contributed by atoms with Crippen LogP contribution in [0.2, 0.25) is 0 Å². The minimum absolute atomic E-state index is 0.0374. The highest BCUT2D eigenvalue weighted by Gasteiger charge is 2.35. The number of hydrogen-bond acceptors (Lipinski definition) is 3. The predicted molar refractivity (Wildman–Crippen MR) is 91.5 cm³/mol. The van der Waals surface area contributed by atoms with Gasteiger partial charge in [0, 0.05) is 17.7 Å². The van der Waals surface area contributed by atoms with Crippen LogP contribution in [0.3, 0.4) is 0 Å². The standard InChI is InChI=1S/C19H21FN2O2/c1-11-4-6-13(15(20)8-11)18(23)22-16-10-19(2,3)24-17-7-5-12(21)9-14(16)17/h4-9,16H,10,21H2,1-3H3,(H,22,23). The van der Waals surface area contributed by atoms with E-state index in [0.29, 0.717) is 17.9 Å². The summed E-state index contributed by atoms with van der Waals surface area (Å²) in [5.74, 6) is -0.273. The highest BCUT2D eigenvalue weighted by atomic mass is 19.1. The molecule has 2 aromatic carbocycles. The molecule has 0 bridgehead atoms. The number of carbonyl (C=O) groups excluding carboxylic acids is 1. The van der Waals surface area contributed by atoms with Crippen LogP contribution in [-0.4, -0.2) is 11.5 Å². The van der Waals surface area contributed by atoms with Gasteiger partial charge in [0.15, 0.2) is 0 Å². The van der Waals surface area contributed by atoms with Crippen molar-refractivity contribution in [3.63, 3.8) is 0 Å². The fourth-order valence-corrected chi connectivity index (χ4v) is 3.04. The van der Waals surface area contributed by atoms with Crippen molar-refractivity contribution in [3.05, 3.63) is 58.9 Å². The van der Waals surface area contributed by atoms with E-state index in [0.717, 1.165) is 11.1 Å². The SMILES string of the molecule is Cc1ccc(C(=O)NC2CC(C)(C)Oc3ccc(N)cc32)c(F)c1. The number of rotatable bonds is 2. The molecular formula is C19H21FN2O2. The number of benzene rings is 2. The molecular weight excluding hydrogens is 307 g/mol. The molecule has 0 radical (unpaired) electrons. The Balaban J connectivity index is 1.91. The lowest BCUT2D eigenvalue weighted by molar-refractivity contribution is 0.0619. The number of nitrogens with one attached hydrogen (secondary N) is 1. The number of anilines is 1. The van der Waals surface area contributed by atoms with Gasteiger partial charge in [0.05, 0.1) is 11.6 Å². The van der Waals surface area contributed by atoms with E-state index in [1.165, 1.54) is 12.1 Å². The summed E-state index contributed by atoms with van der Waals surface area (Å²) in [6, 6.07) is 9.65. The predicted octanol–water partition coefficient (Wildman–Crippen LogP) is 3.75. The minimum atomic E-state index is -0.522. The van der Waals surface area contributed by atoms with Crippen LogP contribution < -0.4 is 15.8 Å². The Morgan fingerprint density at radius 3 is 2.75 bits per heavy atom. The average molecular weight is 328 g/mol. The second-order valence-corrected chi connectivity index (χ2v) is 6.87. The maximum atomic E-state index is 14.1. The largest absolute Gasteiger partial charge is 0.487 e. The summed E-state index contributed by atoms with van der Waals surface area (Å²) >= 11 is 0. The molecule has 0 saturated heterocycles. The molecule has 0 spiro atoms. The van der Waals surface area contributed by atoms with Gasteiger partial charge in [-0.3, -0.25) is 4.79 Å². The Hall–Kier alpha value is -2.56. The van der Waals surface area contributed by atoms with E-state index in [2.05, 4.69) is 5.32 Å². The molecule has 126 valence electrons. The Bertz CT molecular complexity index is 802. The first-order valence-corrected chi connectivity index (χ1v) is 7.91. The van der Waals surface area contributed by atoms with Crippen LogP contribution in [0.15, 0.2) is 36.4 Å². The number of ether oxygens (including phenoxy) is 1. The van der Waals surface area contributed by atoms with E-state index in [4.69, 9.17) is 10.5 Å². The smallest absolute Gasteiger partial charge is 0.254 e. The molecule has 5 heteroatoms. The van der Waals surface area contributed by atoms with Gasteiger partial charge < -0.3 is 15.8 Å². The van der Waals surface area contributed by atoms with Gasteiger partial charge >= 0.3 is 0 Å². The fourth-order valence-electron chi connectivity index (χ4n) is 3.04. The second-order valence-electron chi connectivity index (χ2n) is 6.87. The van der Waals surface area contributed by atoms with E-state index in [1.54, 1.807) is 31.2 Å². The van der Waals surface area contributed by atoms with Crippen LogP contribution in [0.25, 0.3) is 0 Å². The highest BCUT2D eigenvalue weighted by molar-refractivity contribution is 5.94. The molecule has 1 unspecified atom stereocenters. The third-order valence-electron chi connectivity index (χ3n) is 4.17. The molecule has 0 saturated carbocycles. The number of nitrogen functional groups attached to an aromatic ring is 1. The Labute approximate surface area is 140 Å². The van der Waals surface area contributed by atoms with Crippen molar-refractivity contribution in [2.24, 2.45) is 0 Å². The van der Waals surface area contributed by atoms with Crippen molar-refractivity contribution in [1.29, 1.82) is 0 Å². The molecule has 3 N–H and O–H groups in total. The van der Waals surface area contributed by atoms with E-state index in [-0.39, 0.29) is 11.6 Å². The zero-order chi connectivity index (χ0) is 17.5. The Morgan fingerprint density at radius 1 is 1.29 bits per heavy atom. The van der Waals surface area contributed by atoms with E-state index in [1.807, 2.05) is 13.8 Å². The van der Waals surface area contributed by atoms with Crippen molar-refractivity contribution < 1.29 is 13.9 Å². The normalized spacial score (nSPS) is 18.4.